The van der Waals surface area contributed by atoms with Gasteiger partial charge in [0.25, 0.3) is 0 Å². The Hall–Kier alpha value is -2.45. The number of anilines is 1. The minimum absolute atomic E-state index is 0.00819. The lowest BCUT2D eigenvalue weighted by atomic mass is 10.1. The molecular weight excluding hydrogens is 494 g/mol. The molecule has 0 aliphatic heterocycles. The largest absolute Gasteiger partial charge is 0.394 e. The molecular formula is C23H28F2N6O4S. The standard InChI is InChI=1S/C23H28F2N6O4S/c1-2-7-36-23-27-21(26-15-9-12(15)11-3-4-13(24)14(25)8-11)18-22(28-23)31(30-29-18)16-10-17(35-6-5-32)20(34)19(16)33/h3-4,8,12,15-17,19-20,32-34H,2,5-7,9-10H2,1H3,(H,26,27,28)/t12?,15-,16+,17-,19-,20+/m0/s1/i3D,4D,6D2,8D,12D. The van der Waals surface area contributed by atoms with Crippen molar-refractivity contribution in [2.45, 2.75) is 67.6 Å². The summed E-state index contributed by atoms with van der Waals surface area (Å²) in [6, 6.07) is -4.50. The van der Waals surface area contributed by atoms with Crippen LogP contribution in [-0.2, 0) is 4.74 Å². The van der Waals surface area contributed by atoms with E-state index in [9.17, 15) is 24.1 Å². The second kappa shape index (κ2) is 10.5. The van der Waals surface area contributed by atoms with Crippen LogP contribution in [0.5, 0.6) is 0 Å². The third-order valence-corrected chi connectivity index (χ3v) is 7.05. The number of fused-ring (bicyclic) bond motifs is 1. The first-order valence-electron chi connectivity index (χ1n) is 14.4. The molecule has 0 amide bonds. The molecule has 1 aromatic carbocycles. The molecule has 4 N–H and O–H groups in total. The Labute approximate surface area is 218 Å². The number of ether oxygens (including phenoxy) is 1. The highest BCUT2D eigenvalue weighted by Gasteiger charge is 2.45. The SMILES string of the molecule is [2H]c1c([2H])c(C2([2H])C[C@@H]2Nc2nc(SCCC)nc3c2nnn3[C@@H]2C[C@H](OC([2H])([2H])CO)[C@@H](O)[C@H]2O)c([2H])c(F)c1F. The molecule has 13 heteroatoms. The van der Waals surface area contributed by atoms with E-state index < -0.39 is 84.8 Å². The van der Waals surface area contributed by atoms with Crippen molar-refractivity contribution >= 4 is 28.7 Å². The second-order valence-electron chi connectivity index (χ2n) is 8.46. The van der Waals surface area contributed by atoms with E-state index in [4.69, 9.17) is 13.0 Å². The molecule has 5 rings (SSSR count). The van der Waals surface area contributed by atoms with Gasteiger partial charge in [0.2, 0.25) is 0 Å². The van der Waals surface area contributed by atoms with Crippen LogP contribution in [-0.4, -0.2) is 83.6 Å². The van der Waals surface area contributed by atoms with Gasteiger partial charge in [-0.15, -0.1) is 5.10 Å². The molecule has 0 bridgehead atoms. The van der Waals surface area contributed by atoms with E-state index in [0.717, 1.165) is 6.42 Å². The minimum Gasteiger partial charge on any atom is -0.394 e. The lowest BCUT2D eigenvalue weighted by Crippen LogP contribution is -2.33. The van der Waals surface area contributed by atoms with Crippen LogP contribution < -0.4 is 5.32 Å². The molecule has 3 aromatic rings. The third kappa shape index (κ3) is 4.90. The van der Waals surface area contributed by atoms with Gasteiger partial charge in [0.1, 0.15) is 12.2 Å². The maximum absolute atomic E-state index is 14.3. The number of aliphatic hydroxyl groups excluding tert-OH is 3. The molecule has 1 unspecified atom stereocenters. The van der Waals surface area contributed by atoms with E-state index in [1.54, 1.807) is 0 Å². The van der Waals surface area contributed by atoms with Crippen LogP contribution in [0.25, 0.3) is 11.2 Å². The fraction of sp³-hybridized carbons (Fsp3) is 0.565. The van der Waals surface area contributed by atoms with E-state index in [-0.39, 0.29) is 35.0 Å². The zero-order valence-corrected chi connectivity index (χ0v) is 19.9. The molecule has 0 saturated heterocycles. The summed E-state index contributed by atoms with van der Waals surface area (Å²) in [5.74, 6) is -4.19. The lowest BCUT2D eigenvalue weighted by Gasteiger charge is -2.17. The van der Waals surface area contributed by atoms with E-state index in [0.29, 0.717) is 5.75 Å². The predicted molar refractivity (Wildman–Crippen MR) is 128 cm³/mol. The molecule has 36 heavy (non-hydrogen) atoms. The van der Waals surface area contributed by atoms with E-state index in [1.165, 1.54) is 16.4 Å². The van der Waals surface area contributed by atoms with Gasteiger partial charge in [-0.3, -0.25) is 0 Å². The molecule has 6 atom stereocenters. The first kappa shape index (κ1) is 18.7. The Balaban J connectivity index is 1.49. The van der Waals surface area contributed by atoms with Gasteiger partial charge in [-0.25, -0.2) is 23.4 Å². The predicted octanol–water partition coefficient (Wildman–Crippen LogP) is 2.01. The zero-order chi connectivity index (χ0) is 30.7. The smallest absolute Gasteiger partial charge is 0.191 e. The number of halogens is 2. The average molecular weight is 529 g/mol. The normalized spacial score (nSPS) is 32.4. The molecule has 2 heterocycles. The van der Waals surface area contributed by atoms with Crippen LogP contribution >= 0.6 is 11.8 Å². The van der Waals surface area contributed by atoms with Crippen molar-refractivity contribution < 1.29 is 37.1 Å². The molecule has 2 saturated carbocycles. The van der Waals surface area contributed by atoms with Gasteiger partial charge in [0.15, 0.2) is 33.8 Å². The molecule has 2 aromatic heterocycles. The van der Waals surface area contributed by atoms with Crippen LogP contribution in [0.3, 0.4) is 0 Å². The van der Waals surface area contributed by atoms with Crippen LogP contribution in [0.2, 0.25) is 0 Å². The monoisotopic (exact) mass is 528 g/mol. The summed E-state index contributed by atoms with van der Waals surface area (Å²) in [4.78, 5) is 9.00. The molecule has 0 spiro atoms. The number of aromatic nitrogens is 5. The van der Waals surface area contributed by atoms with Crippen molar-refractivity contribution in [3.63, 3.8) is 0 Å². The number of nitrogens with zero attached hydrogens (tertiary/aromatic N) is 5. The maximum Gasteiger partial charge on any atom is 0.191 e. The summed E-state index contributed by atoms with van der Waals surface area (Å²) in [5, 5.41) is 42.0. The minimum atomic E-state index is -2.45. The summed E-state index contributed by atoms with van der Waals surface area (Å²) >= 11 is 1.30. The topological polar surface area (TPSA) is 138 Å². The highest BCUT2D eigenvalue weighted by Crippen LogP contribution is 2.44. The van der Waals surface area contributed by atoms with Gasteiger partial charge < -0.3 is 25.4 Å². The summed E-state index contributed by atoms with van der Waals surface area (Å²) in [6.45, 7) is -1.46. The van der Waals surface area contributed by atoms with Gasteiger partial charge in [-0.1, -0.05) is 29.9 Å². The Morgan fingerprint density at radius 1 is 1.28 bits per heavy atom. The van der Waals surface area contributed by atoms with Gasteiger partial charge >= 0.3 is 0 Å². The molecule has 194 valence electrons. The Morgan fingerprint density at radius 3 is 2.89 bits per heavy atom. The first-order valence-corrected chi connectivity index (χ1v) is 12.3. The Kier molecular flexibility index (Phi) is 5.47. The number of benzene rings is 1. The van der Waals surface area contributed by atoms with Gasteiger partial charge in [0, 0.05) is 25.5 Å². The van der Waals surface area contributed by atoms with E-state index >= 15 is 0 Å². The quantitative estimate of drug-likeness (QED) is 0.228. The first-order chi connectivity index (χ1) is 19.7. The van der Waals surface area contributed by atoms with Crippen molar-refractivity contribution in [1.82, 2.24) is 25.0 Å². The van der Waals surface area contributed by atoms with Gasteiger partial charge in [0.05, 0.1) is 32.2 Å². The molecule has 10 nitrogen and oxygen atoms in total. The third-order valence-electron chi connectivity index (χ3n) is 5.99. The van der Waals surface area contributed by atoms with Crippen LogP contribution in [0, 0.1) is 11.6 Å². The lowest BCUT2D eigenvalue weighted by molar-refractivity contribution is -0.0629. The molecule has 2 fully saturated rings. The van der Waals surface area contributed by atoms with Crippen LogP contribution in [0.15, 0.2) is 23.3 Å². The van der Waals surface area contributed by atoms with Crippen LogP contribution in [0.4, 0.5) is 14.6 Å². The highest BCUT2D eigenvalue weighted by molar-refractivity contribution is 7.99. The summed E-state index contributed by atoms with van der Waals surface area (Å²) in [5.41, 5.74) is -0.158. The number of hydrogen-bond acceptors (Lipinski definition) is 10. The number of nitrogens with one attached hydrogen (secondary N) is 1. The summed E-state index contributed by atoms with van der Waals surface area (Å²) < 4.78 is 82.6. The van der Waals surface area contributed by atoms with Crippen molar-refractivity contribution in [3.05, 3.63) is 35.3 Å². The zero-order valence-electron chi connectivity index (χ0n) is 25.1. The summed E-state index contributed by atoms with van der Waals surface area (Å²) in [6.07, 6.45) is -3.44. The maximum atomic E-state index is 14.3. The Bertz CT molecular complexity index is 1500. The van der Waals surface area contributed by atoms with E-state index in [2.05, 4.69) is 25.6 Å². The second-order valence-corrected chi connectivity index (χ2v) is 9.52. The number of rotatable bonds is 10. The van der Waals surface area contributed by atoms with Gasteiger partial charge in [-0.05, 0) is 30.5 Å². The number of aliphatic hydroxyl groups is 3. The number of thioether (sulfide) groups is 1. The van der Waals surface area contributed by atoms with Crippen molar-refractivity contribution in [3.8, 4) is 0 Å². The fourth-order valence-electron chi connectivity index (χ4n) is 4.13. The average Bonchev–Trinajstić information content (AvgIpc) is 3.26. The number of hydrogen-bond donors (Lipinski definition) is 4. The summed E-state index contributed by atoms with van der Waals surface area (Å²) in [7, 11) is 0. The molecule has 2 aliphatic rings. The fourth-order valence-corrected chi connectivity index (χ4v) is 4.83. The highest BCUT2D eigenvalue weighted by atomic mass is 32.2. The van der Waals surface area contributed by atoms with Crippen molar-refractivity contribution in [1.29, 1.82) is 0 Å². The van der Waals surface area contributed by atoms with Crippen molar-refractivity contribution in [2.75, 3.05) is 24.2 Å². The Morgan fingerprint density at radius 2 is 2.11 bits per heavy atom. The van der Waals surface area contributed by atoms with Crippen molar-refractivity contribution in [2.24, 2.45) is 0 Å². The van der Waals surface area contributed by atoms with E-state index in [1.807, 2.05) is 6.92 Å². The van der Waals surface area contributed by atoms with Gasteiger partial charge in [-0.2, -0.15) is 0 Å². The molecule has 0 radical (unpaired) electrons. The molecule has 2 aliphatic carbocycles. The van der Waals surface area contributed by atoms with Crippen LogP contribution in [0.1, 0.15) is 51.9 Å².